The van der Waals surface area contributed by atoms with Crippen LogP contribution in [0.25, 0.3) is 5.57 Å². The normalized spacial score (nSPS) is 16.2. The largest absolute Gasteiger partial charge is 0.451 e. The molecular weight excluding hydrogens is 186 g/mol. The third-order valence-corrected chi connectivity index (χ3v) is 2.54. The van der Waals surface area contributed by atoms with Crippen molar-refractivity contribution in [2.24, 2.45) is 5.92 Å². The highest BCUT2D eigenvalue weighted by Crippen LogP contribution is 2.22. The Hall–Kier alpha value is -1.57. The highest BCUT2D eigenvalue weighted by molar-refractivity contribution is 5.72. The van der Waals surface area contributed by atoms with Crippen LogP contribution in [0.1, 0.15) is 26.0 Å². The Morgan fingerprint density at radius 3 is 2.80 bits per heavy atom. The maximum Gasteiger partial charge on any atom is 0.181 e. The number of nitrogens with zero attached hydrogens (tertiary/aromatic N) is 1. The summed E-state index contributed by atoms with van der Waals surface area (Å²) in [5.74, 6) is 0.575. The van der Waals surface area contributed by atoms with E-state index in [1.54, 1.807) is 6.26 Å². The topological polar surface area (TPSA) is 26.0 Å². The lowest BCUT2D eigenvalue weighted by atomic mass is 10.0. The average molecular weight is 201 g/mol. The second-order valence-electron chi connectivity index (χ2n) is 3.96. The number of hydrogen-bond donors (Lipinski definition) is 0. The summed E-state index contributed by atoms with van der Waals surface area (Å²) in [5, 5.41) is 0. The van der Waals surface area contributed by atoms with Gasteiger partial charge in [-0.25, -0.2) is 4.98 Å². The molecule has 2 nitrogen and oxygen atoms in total. The molecule has 15 heavy (non-hydrogen) atoms. The summed E-state index contributed by atoms with van der Waals surface area (Å²) in [5.41, 5.74) is 3.42. The maximum absolute atomic E-state index is 4.98. The number of hydrogen-bond acceptors (Lipinski definition) is 2. The van der Waals surface area contributed by atoms with Crippen molar-refractivity contribution < 1.29 is 4.42 Å². The molecule has 0 atom stereocenters. The molecule has 0 N–H and O–H groups in total. The maximum atomic E-state index is 4.98. The van der Waals surface area contributed by atoms with Crippen LogP contribution >= 0.6 is 0 Å². The monoisotopic (exact) mass is 201 g/mol. The van der Waals surface area contributed by atoms with Gasteiger partial charge < -0.3 is 4.42 Å². The van der Waals surface area contributed by atoms with Gasteiger partial charge in [0.25, 0.3) is 0 Å². The minimum Gasteiger partial charge on any atom is -0.451 e. The van der Waals surface area contributed by atoms with E-state index in [9.17, 15) is 0 Å². The minimum absolute atomic E-state index is 0.575. The molecule has 0 fully saturated rings. The first-order chi connectivity index (χ1) is 7.27. The molecule has 1 heterocycles. The second kappa shape index (κ2) is 4.30. The molecule has 0 unspecified atom stereocenters. The number of rotatable bonds is 2. The zero-order chi connectivity index (χ0) is 10.7. The molecule has 1 aliphatic carbocycles. The van der Waals surface area contributed by atoms with Gasteiger partial charge in [-0.05, 0) is 23.5 Å². The summed E-state index contributed by atoms with van der Waals surface area (Å²) in [7, 11) is 0. The summed E-state index contributed by atoms with van der Waals surface area (Å²) >= 11 is 0. The fourth-order valence-electron chi connectivity index (χ4n) is 1.62. The molecule has 0 aliphatic heterocycles. The SMILES string of the molecule is CC(C)C1=CCC=C(c2cocn2)C=C1. The van der Waals surface area contributed by atoms with Gasteiger partial charge in [-0.2, -0.15) is 0 Å². The Labute approximate surface area is 90.0 Å². The molecule has 0 bridgehead atoms. The molecule has 0 amide bonds. The summed E-state index contributed by atoms with van der Waals surface area (Å²) < 4.78 is 4.98. The van der Waals surface area contributed by atoms with E-state index in [2.05, 4.69) is 43.1 Å². The molecule has 0 saturated carbocycles. The molecule has 78 valence electrons. The van der Waals surface area contributed by atoms with Crippen molar-refractivity contribution in [3.8, 4) is 0 Å². The molecule has 0 spiro atoms. The standard InChI is InChI=1S/C13H15NO/c1-10(2)11-4-3-5-12(7-6-11)13-8-15-9-14-13/h4-10H,3H2,1-2H3. The average Bonchev–Trinajstić information content (AvgIpc) is 2.62. The van der Waals surface area contributed by atoms with E-state index >= 15 is 0 Å². The molecule has 2 rings (SSSR count). The van der Waals surface area contributed by atoms with Crippen LogP contribution in [-0.4, -0.2) is 4.98 Å². The van der Waals surface area contributed by atoms with Crippen LogP contribution in [0.4, 0.5) is 0 Å². The van der Waals surface area contributed by atoms with Gasteiger partial charge in [0.2, 0.25) is 0 Å². The Balaban J connectivity index is 2.21. The summed E-state index contributed by atoms with van der Waals surface area (Å²) in [6.07, 6.45) is 12.8. The zero-order valence-corrected chi connectivity index (χ0v) is 9.10. The smallest absolute Gasteiger partial charge is 0.181 e. The first kappa shape index (κ1) is 9.97. The van der Waals surface area contributed by atoms with Crippen molar-refractivity contribution >= 4 is 5.57 Å². The highest BCUT2D eigenvalue weighted by Gasteiger charge is 2.05. The van der Waals surface area contributed by atoms with E-state index in [-0.39, 0.29) is 0 Å². The second-order valence-corrected chi connectivity index (χ2v) is 3.96. The van der Waals surface area contributed by atoms with Gasteiger partial charge in [-0.15, -0.1) is 0 Å². The molecule has 0 saturated heterocycles. The van der Waals surface area contributed by atoms with Crippen molar-refractivity contribution in [3.63, 3.8) is 0 Å². The molecule has 0 aromatic carbocycles. The Bertz CT molecular complexity index is 408. The molecule has 1 aromatic rings. The van der Waals surface area contributed by atoms with E-state index in [4.69, 9.17) is 4.42 Å². The molecule has 0 radical (unpaired) electrons. The molecule has 1 aliphatic rings. The van der Waals surface area contributed by atoms with E-state index in [0.29, 0.717) is 5.92 Å². The number of allylic oxidation sites excluding steroid dienone is 6. The quantitative estimate of drug-likeness (QED) is 0.730. The van der Waals surface area contributed by atoms with E-state index in [1.165, 1.54) is 12.0 Å². The van der Waals surface area contributed by atoms with Crippen LogP contribution in [0.3, 0.4) is 0 Å². The van der Waals surface area contributed by atoms with E-state index < -0.39 is 0 Å². The van der Waals surface area contributed by atoms with Gasteiger partial charge in [0, 0.05) is 0 Å². The van der Waals surface area contributed by atoms with Crippen molar-refractivity contribution in [2.75, 3.05) is 0 Å². The van der Waals surface area contributed by atoms with Crippen molar-refractivity contribution in [1.82, 2.24) is 4.98 Å². The van der Waals surface area contributed by atoms with Crippen LogP contribution in [-0.2, 0) is 0 Å². The lowest BCUT2D eigenvalue weighted by Gasteiger charge is -2.03. The Morgan fingerprint density at radius 2 is 2.13 bits per heavy atom. The van der Waals surface area contributed by atoms with E-state index in [0.717, 1.165) is 17.7 Å². The fraction of sp³-hybridized carbons (Fsp3) is 0.308. The zero-order valence-electron chi connectivity index (χ0n) is 9.10. The van der Waals surface area contributed by atoms with Crippen molar-refractivity contribution in [2.45, 2.75) is 20.3 Å². The first-order valence-corrected chi connectivity index (χ1v) is 5.24. The third kappa shape index (κ3) is 2.27. The highest BCUT2D eigenvalue weighted by atomic mass is 16.3. The van der Waals surface area contributed by atoms with Crippen molar-refractivity contribution in [3.05, 3.63) is 48.2 Å². The Kier molecular flexibility index (Phi) is 2.86. The predicted octanol–water partition coefficient (Wildman–Crippen LogP) is 3.60. The van der Waals surface area contributed by atoms with E-state index in [1.807, 2.05) is 0 Å². The lowest BCUT2D eigenvalue weighted by molar-refractivity contribution is 0.557. The third-order valence-electron chi connectivity index (χ3n) is 2.54. The predicted molar refractivity (Wildman–Crippen MR) is 61.2 cm³/mol. The summed E-state index contributed by atoms with van der Waals surface area (Å²) in [6, 6.07) is 0. The van der Waals surface area contributed by atoms with Gasteiger partial charge in [0.15, 0.2) is 6.39 Å². The minimum atomic E-state index is 0.575. The Morgan fingerprint density at radius 1 is 1.27 bits per heavy atom. The van der Waals surface area contributed by atoms with Crippen LogP contribution in [0.5, 0.6) is 0 Å². The molecule has 1 aromatic heterocycles. The number of aromatic nitrogens is 1. The lowest BCUT2D eigenvalue weighted by Crippen LogP contribution is -1.89. The number of oxazole rings is 1. The molecular formula is C13H15NO. The van der Waals surface area contributed by atoms with Gasteiger partial charge in [-0.3, -0.25) is 0 Å². The van der Waals surface area contributed by atoms with Crippen LogP contribution < -0.4 is 0 Å². The van der Waals surface area contributed by atoms with Crippen LogP contribution in [0.2, 0.25) is 0 Å². The molecule has 2 heteroatoms. The fourth-order valence-corrected chi connectivity index (χ4v) is 1.62. The summed E-state index contributed by atoms with van der Waals surface area (Å²) in [6.45, 7) is 4.41. The van der Waals surface area contributed by atoms with Gasteiger partial charge in [0.05, 0.1) is 0 Å². The van der Waals surface area contributed by atoms with Gasteiger partial charge in [0.1, 0.15) is 12.0 Å². The first-order valence-electron chi connectivity index (χ1n) is 5.24. The summed E-state index contributed by atoms with van der Waals surface area (Å²) in [4.78, 5) is 4.14. The van der Waals surface area contributed by atoms with Crippen molar-refractivity contribution in [1.29, 1.82) is 0 Å². The van der Waals surface area contributed by atoms with Gasteiger partial charge in [-0.1, -0.05) is 38.2 Å². The van der Waals surface area contributed by atoms with Gasteiger partial charge >= 0.3 is 0 Å². The van der Waals surface area contributed by atoms with Crippen LogP contribution in [0, 0.1) is 5.92 Å². The van der Waals surface area contributed by atoms with Crippen LogP contribution in [0.15, 0.2) is 47.0 Å².